The zero-order valence-electron chi connectivity index (χ0n) is 12.0. The molecule has 1 saturated carbocycles. The minimum absolute atomic E-state index is 0.550. The molecule has 0 saturated heterocycles. The minimum atomic E-state index is 0.550. The summed E-state index contributed by atoms with van der Waals surface area (Å²) in [7, 11) is 1.91. The van der Waals surface area contributed by atoms with Gasteiger partial charge in [-0.2, -0.15) is 0 Å². The van der Waals surface area contributed by atoms with Crippen molar-refractivity contribution in [2.24, 2.45) is 0 Å². The smallest absolute Gasteiger partial charge is 0.136 e. The summed E-state index contributed by atoms with van der Waals surface area (Å²) in [5, 5.41) is 7.67. The molecule has 0 spiro atoms. The zero-order valence-corrected chi connectivity index (χ0v) is 12.8. The van der Waals surface area contributed by atoms with Crippen molar-refractivity contribution in [2.45, 2.75) is 39.2 Å². The van der Waals surface area contributed by atoms with E-state index in [9.17, 15) is 0 Å². The SMILES string of the molecule is CNc1nc(C2CC2)nc(NCc2cnc(C)s2)c1C. The van der Waals surface area contributed by atoms with Crippen molar-refractivity contribution < 1.29 is 0 Å². The lowest BCUT2D eigenvalue weighted by Gasteiger charge is -2.13. The van der Waals surface area contributed by atoms with Crippen LogP contribution in [0.1, 0.15) is 40.0 Å². The summed E-state index contributed by atoms with van der Waals surface area (Å²) >= 11 is 1.71. The van der Waals surface area contributed by atoms with Crippen molar-refractivity contribution in [3.8, 4) is 0 Å². The third-order valence-corrected chi connectivity index (χ3v) is 4.35. The molecule has 6 heteroatoms. The van der Waals surface area contributed by atoms with Crippen LogP contribution in [0.15, 0.2) is 6.20 Å². The Morgan fingerprint density at radius 1 is 1.25 bits per heavy atom. The molecule has 106 valence electrons. The number of hydrogen-bond donors (Lipinski definition) is 2. The average Bonchev–Trinajstić information content (AvgIpc) is 3.21. The lowest BCUT2D eigenvalue weighted by Crippen LogP contribution is -2.09. The van der Waals surface area contributed by atoms with Gasteiger partial charge in [0, 0.05) is 29.6 Å². The van der Waals surface area contributed by atoms with Gasteiger partial charge in [0.15, 0.2) is 0 Å². The molecule has 0 unspecified atom stereocenters. The first-order valence-corrected chi connectivity index (χ1v) is 7.70. The molecule has 2 N–H and O–H groups in total. The van der Waals surface area contributed by atoms with Gasteiger partial charge in [0.25, 0.3) is 0 Å². The number of hydrogen-bond acceptors (Lipinski definition) is 6. The van der Waals surface area contributed by atoms with E-state index in [1.807, 2.05) is 27.1 Å². The maximum absolute atomic E-state index is 4.69. The van der Waals surface area contributed by atoms with Gasteiger partial charge in [-0.15, -0.1) is 11.3 Å². The van der Waals surface area contributed by atoms with E-state index in [0.29, 0.717) is 5.92 Å². The Hall–Kier alpha value is -1.69. The first-order valence-electron chi connectivity index (χ1n) is 6.89. The van der Waals surface area contributed by atoms with E-state index in [1.54, 1.807) is 11.3 Å². The first-order chi connectivity index (χ1) is 9.67. The Balaban J connectivity index is 1.81. The van der Waals surface area contributed by atoms with Gasteiger partial charge in [0.05, 0.1) is 11.6 Å². The van der Waals surface area contributed by atoms with Gasteiger partial charge in [-0.05, 0) is 26.7 Å². The van der Waals surface area contributed by atoms with Crippen LogP contribution in [0.5, 0.6) is 0 Å². The van der Waals surface area contributed by atoms with Gasteiger partial charge in [0.1, 0.15) is 17.5 Å². The Bertz CT molecular complexity index is 618. The number of nitrogens with one attached hydrogen (secondary N) is 2. The number of aromatic nitrogens is 3. The van der Waals surface area contributed by atoms with Crippen molar-refractivity contribution in [3.63, 3.8) is 0 Å². The van der Waals surface area contributed by atoms with E-state index >= 15 is 0 Å². The molecule has 2 heterocycles. The van der Waals surface area contributed by atoms with Crippen LogP contribution >= 0.6 is 11.3 Å². The Morgan fingerprint density at radius 2 is 2.00 bits per heavy atom. The highest BCUT2D eigenvalue weighted by Gasteiger charge is 2.28. The summed E-state index contributed by atoms with van der Waals surface area (Å²) in [6.07, 6.45) is 4.34. The summed E-state index contributed by atoms with van der Waals surface area (Å²) in [4.78, 5) is 14.8. The zero-order chi connectivity index (χ0) is 14.1. The Kier molecular flexibility index (Phi) is 3.56. The molecule has 5 nitrogen and oxygen atoms in total. The minimum Gasteiger partial charge on any atom is -0.373 e. The number of thiazole rings is 1. The topological polar surface area (TPSA) is 62.7 Å². The van der Waals surface area contributed by atoms with Crippen LogP contribution in [0.4, 0.5) is 11.6 Å². The summed E-state index contributed by atoms with van der Waals surface area (Å²) in [6.45, 7) is 4.83. The van der Waals surface area contributed by atoms with Crippen molar-refractivity contribution in [2.75, 3.05) is 17.7 Å². The van der Waals surface area contributed by atoms with Crippen LogP contribution in [-0.2, 0) is 6.54 Å². The fourth-order valence-electron chi connectivity index (χ4n) is 2.13. The second-order valence-corrected chi connectivity index (χ2v) is 6.45. The molecule has 3 rings (SSSR count). The molecule has 0 amide bonds. The number of anilines is 2. The second-order valence-electron chi connectivity index (χ2n) is 5.13. The lowest BCUT2D eigenvalue weighted by molar-refractivity contribution is 0.914. The fourth-order valence-corrected chi connectivity index (χ4v) is 2.87. The van der Waals surface area contributed by atoms with Gasteiger partial charge in [0.2, 0.25) is 0 Å². The molecule has 2 aromatic heterocycles. The highest BCUT2D eigenvalue weighted by molar-refractivity contribution is 7.11. The quantitative estimate of drug-likeness (QED) is 0.885. The highest BCUT2D eigenvalue weighted by atomic mass is 32.1. The predicted octanol–water partition coefficient (Wildman–Crippen LogP) is 3.08. The van der Waals surface area contributed by atoms with Gasteiger partial charge < -0.3 is 10.6 Å². The molecule has 1 aliphatic rings. The average molecular weight is 289 g/mol. The summed E-state index contributed by atoms with van der Waals surface area (Å²) in [6, 6.07) is 0. The summed E-state index contributed by atoms with van der Waals surface area (Å²) in [5.74, 6) is 3.36. The van der Waals surface area contributed by atoms with Crippen LogP contribution in [0.25, 0.3) is 0 Å². The van der Waals surface area contributed by atoms with Crippen LogP contribution in [0.2, 0.25) is 0 Å². The number of nitrogens with zero attached hydrogens (tertiary/aromatic N) is 3. The first kappa shape index (κ1) is 13.3. The van der Waals surface area contributed by atoms with E-state index in [1.165, 1.54) is 17.7 Å². The fraction of sp³-hybridized carbons (Fsp3) is 0.500. The van der Waals surface area contributed by atoms with E-state index < -0.39 is 0 Å². The molecule has 0 radical (unpaired) electrons. The lowest BCUT2D eigenvalue weighted by atomic mass is 10.2. The summed E-state index contributed by atoms with van der Waals surface area (Å²) in [5.41, 5.74) is 1.07. The van der Waals surface area contributed by atoms with Crippen molar-refractivity contribution in [1.29, 1.82) is 0 Å². The monoisotopic (exact) mass is 289 g/mol. The summed E-state index contributed by atoms with van der Waals surface area (Å²) < 4.78 is 0. The number of aryl methyl sites for hydroxylation is 1. The third-order valence-electron chi connectivity index (χ3n) is 3.44. The van der Waals surface area contributed by atoms with E-state index in [2.05, 4.69) is 25.6 Å². The maximum atomic E-state index is 4.69. The number of rotatable bonds is 5. The van der Waals surface area contributed by atoms with Crippen LogP contribution in [-0.4, -0.2) is 22.0 Å². The molecular formula is C14H19N5S. The Labute approximate surface area is 122 Å². The van der Waals surface area contributed by atoms with E-state index in [-0.39, 0.29) is 0 Å². The molecule has 0 aromatic carbocycles. The van der Waals surface area contributed by atoms with Crippen molar-refractivity contribution >= 4 is 23.0 Å². The second kappa shape index (κ2) is 5.36. The molecule has 0 aliphatic heterocycles. The molecule has 2 aromatic rings. The molecular weight excluding hydrogens is 270 g/mol. The third kappa shape index (κ3) is 2.75. The molecule has 0 atom stereocenters. The van der Waals surface area contributed by atoms with Gasteiger partial charge in [-0.3, -0.25) is 0 Å². The van der Waals surface area contributed by atoms with E-state index in [0.717, 1.165) is 34.6 Å². The van der Waals surface area contributed by atoms with Gasteiger partial charge in [-0.1, -0.05) is 0 Å². The van der Waals surface area contributed by atoms with Crippen molar-refractivity contribution in [3.05, 3.63) is 27.5 Å². The molecule has 0 bridgehead atoms. The van der Waals surface area contributed by atoms with Crippen LogP contribution < -0.4 is 10.6 Å². The van der Waals surface area contributed by atoms with Crippen molar-refractivity contribution in [1.82, 2.24) is 15.0 Å². The predicted molar refractivity (Wildman–Crippen MR) is 82.5 cm³/mol. The molecule has 20 heavy (non-hydrogen) atoms. The Morgan fingerprint density at radius 3 is 2.60 bits per heavy atom. The van der Waals surface area contributed by atoms with Gasteiger partial charge >= 0.3 is 0 Å². The highest BCUT2D eigenvalue weighted by Crippen LogP contribution is 2.39. The van der Waals surface area contributed by atoms with Gasteiger partial charge in [-0.25, -0.2) is 15.0 Å². The van der Waals surface area contributed by atoms with Crippen LogP contribution in [0, 0.1) is 13.8 Å². The maximum Gasteiger partial charge on any atom is 0.136 e. The standard InChI is InChI=1S/C14H19N5S/c1-8-12(15-3)18-14(10-4-5-10)19-13(8)17-7-11-6-16-9(2)20-11/h6,10H,4-5,7H2,1-3H3,(H2,15,17,18,19). The largest absolute Gasteiger partial charge is 0.373 e. The van der Waals surface area contributed by atoms with Crippen LogP contribution in [0.3, 0.4) is 0 Å². The van der Waals surface area contributed by atoms with E-state index in [4.69, 9.17) is 0 Å². The molecule has 1 aliphatic carbocycles. The normalized spacial score (nSPS) is 14.3. The molecule has 1 fully saturated rings.